The molecule has 0 amide bonds. The van der Waals surface area contributed by atoms with Crippen molar-refractivity contribution in [3.8, 4) is 0 Å². The highest BCUT2D eigenvalue weighted by molar-refractivity contribution is 4.30. The van der Waals surface area contributed by atoms with E-state index in [0.29, 0.717) is 13.2 Å². The van der Waals surface area contributed by atoms with Crippen molar-refractivity contribution in [2.75, 3.05) is 26.3 Å². The Morgan fingerprint density at radius 2 is 2.83 bits per heavy atom. The zero-order valence-corrected chi connectivity index (χ0v) is 3.55. The highest BCUT2D eigenvalue weighted by Crippen LogP contribution is 1.69. The van der Waals surface area contributed by atoms with Gasteiger partial charge in [-0.15, -0.1) is 0 Å². The maximum atomic E-state index is 7.17. The third-order valence-electron chi connectivity index (χ3n) is 0.686. The number of morpholine rings is 1. The fourth-order valence-corrected chi connectivity index (χ4v) is 0.397. The first-order chi connectivity index (χ1) is 4.13. The van der Waals surface area contributed by atoms with E-state index in [1.54, 1.807) is 0 Å². The van der Waals surface area contributed by atoms with E-state index in [2.05, 4.69) is 0 Å². The predicted octanol–water partition coefficient (Wildman–Crippen LogP) is -1.42. The normalized spacial score (nSPS) is 52.0. The van der Waals surface area contributed by atoms with Crippen LogP contribution in [0.4, 0.5) is 0 Å². The SMILES string of the molecule is [2H]C1COCC[N+]1([2H])[2H]. The van der Waals surface area contributed by atoms with Gasteiger partial charge in [-0.05, 0) is 0 Å². The number of rotatable bonds is 0. The predicted molar refractivity (Wildman–Crippen MR) is 22.5 cm³/mol. The van der Waals surface area contributed by atoms with E-state index < -0.39 is 11.8 Å². The van der Waals surface area contributed by atoms with Crippen molar-refractivity contribution in [3.63, 3.8) is 0 Å². The number of hydrogen-bond donors (Lipinski definition) is 1. The lowest BCUT2D eigenvalue weighted by Gasteiger charge is -2.07. The maximum absolute atomic E-state index is 7.17. The Bertz CT molecular complexity index is 108. The summed E-state index contributed by atoms with van der Waals surface area (Å²) in [6.45, 7) is 0.197. The fraction of sp³-hybridized carbons (Fsp3) is 1.00. The standard InChI is InChI=1S/C4H9NO/c1-3-6-4-2-5-1/h5H,1-4H2/p+1/i1D/hD2. The zero-order valence-electron chi connectivity index (χ0n) is 6.55. The van der Waals surface area contributed by atoms with Gasteiger partial charge in [0.05, 0.1) is 27.7 Å². The Morgan fingerprint density at radius 1 is 1.83 bits per heavy atom. The van der Waals surface area contributed by atoms with Gasteiger partial charge in [-0.2, -0.15) is 0 Å². The van der Waals surface area contributed by atoms with Crippen LogP contribution >= 0.6 is 0 Å². The van der Waals surface area contributed by atoms with Crippen LogP contribution < -0.4 is 5.30 Å². The number of quaternary nitrogens is 1. The van der Waals surface area contributed by atoms with E-state index in [0.717, 1.165) is 0 Å². The van der Waals surface area contributed by atoms with Crippen molar-refractivity contribution in [3.05, 3.63) is 0 Å². The summed E-state index contributed by atoms with van der Waals surface area (Å²) < 4.78 is 26.4. The molecule has 1 aliphatic heterocycles. The number of ether oxygens (including phenoxy) is 1. The van der Waals surface area contributed by atoms with E-state index in [1.165, 1.54) is 0 Å². The molecule has 0 spiro atoms. The molecule has 1 unspecified atom stereocenters. The van der Waals surface area contributed by atoms with Crippen molar-refractivity contribution in [2.24, 2.45) is 0 Å². The van der Waals surface area contributed by atoms with E-state index in [1.807, 2.05) is 0 Å². The minimum absolute atomic E-state index is 0.215. The minimum Gasteiger partial charge on any atom is -0.370 e. The van der Waals surface area contributed by atoms with Crippen molar-refractivity contribution in [1.82, 2.24) is 0 Å². The molecular formula is C4H10NO+. The lowest BCUT2D eigenvalue weighted by molar-refractivity contribution is -0.670. The second-order valence-corrected chi connectivity index (χ2v) is 1.16. The molecule has 0 saturated carbocycles. The van der Waals surface area contributed by atoms with Crippen LogP contribution in [0.2, 0.25) is 2.82 Å². The highest BCUT2D eigenvalue weighted by Gasteiger charge is 1.96. The van der Waals surface area contributed by atoms with Crippen LogP contribution in [-0.2, 0) is 4.74 Å². The van der Waals surface area contributed by atoms with Gasteiger partial charge in [-0.25, -0.2) is 0 Å². The summed E-state index contributed by atoms with van der Waals surface area (Å²) in [6, 6.07) is 0. The van der Waals surface area contributed by atoms with Gasteiger partial charge >= 0.3 is 2.82 Å². The topological polar surface area (TPSA) is 25.8 Å². The van der Waals surface area contributed by atoms with Crippen LogP contribution in [0, 0.1) is 0 Å². The first kappa shape index (κ1) is 1.80. The van der Waals surface area contributed by atoms with Gasteiger partial charge < -0.3 is 10.0 Å². The number of nitrogens with two attached hydrogens (primary N) is 1. The summed E-state index contributed by atoms with van der Waals surface area (Å²) in [7, 11) is 0. The minimum atomic E-state index is -0.751. The van der Waals surface area contributed by atoms with Gasteiger partial charge in [0.1, 0.15) is 0 Å². The lowest BCUT2D eigenvalue weighted by atomic mass is 10.5. The van der Waals surface area contributed by atoms with Gasteiger partial charge in [0.25, 0.3) is 0 Å². The van der Waals surface area contributed by atoms with Crippen molar-refractivity contribution >= 4 is 0 Å². The molecular weight excluding hydrogens is 78.0 g/mol. The Kier molecular flexibility index (Phi) is 0.648. The Balaban J connectivity index is 2.49. The molecule has 2 nitrogen and oxygen atoms in total. The van der Waals surface area contributed by atoms with Crippen LogP contribution in [-0.4, -0.2) is 26.3 Å². The molecule has 36 valence electrons. The molecule has 0 radical (unpaired) electrons. The van der Waals surface area contributed by atoms with E-state index in [4.69, 9.17) is 8.93 Å². The zero-order chi connectivity index (χ0) is 6.91. The molecule has 2 N–H and O–H groups in total. The molecule has 0 aliphatic carbocycles. The first-order valence-corrected chi connectivity index (χ1v) is 2.06. The third kappa shape index (κ3) is 0.954. The molecule has 1 saturated heterocycles. The summed E-state index contributed by atoms with van der Waals surface area (Å²) >= 11 is 0. The Morgan fingerprint density at radius 3 is 3.33 bits per heavy atom. The molecule has 0 aromatic carbocycles. The average molecular weight is 91.1 g/mol. The molecule has 0 bridgehead atoms. The summed E-state index contributed by atoms with van der Waals surface area (Å²) in [4.78, 5) is 0. The molecule has 1 aliphatic rings. The maximum Gasteiger partial charge on any atom is 0.346 e. The van der Waals surface area contributed by atoms with Crippen molar-refractivity contribution in [2.45, 2.75) is 0 Å². The summed E-state index contributed by atoms with van der Waals surface area (Å²) in [5, 5.41) is -0.722. The van der Waals surface area contributed by atoms with Crippen LogP contribution in [0.25, 0.3) is 0 Å². The molecule has 0 aromatic rings. The third-order valence-corrected chi connectivity index (χ3v) is 0.686. The summed E-state index contributed by atoms with van der Waals surface area (Å²) in [5.41, 5.74) is 0. The average Bonchev–Trinajstić information content (AvgIpc) is 1.77. The second-order valence-electron chi connectivity index (χ2n) is 1.16. The van der Waals surface area contributed by atoms with Crippen molar-refractivity contribution in [1.29, 1.82) is 0 Å². The van der Waals surface area contributed by atoms with E-state index in [-0.39, 0.29) is 6.61 Å². The molecule has 1 fully saturated rings. The monoisotopic (exact) mass is 91.1 g/mol. The molecule has 0 aromatic heterocycles. The lowest BCUT2D eigenvalue weighted by Crippen LogP contribution is -2.87. The summed E-state index contributed by atoms with van der Waals surface area (Å²) in [5.74, 6) is 0. The molecule has 1 heterocycles. The molecule has 6 heavy (non-hydrogen) atoms. The number of hydrogen-bond acceptors (Lipinski definition) is 1. The van der Waals surface area contributed by atoms with Gasteiger partial charge in [0.2, 0.25) is 0 Å². The van der Waals surface area contributed by atoms with Gasteiger partial charge in [0.15, 0.2) is 0 Å². The second kappa shape index (κ2) is 2.16. The van der Waals surface area contributed by atoms with Gasteiger partial charge in [-0.3, -0.25) is 0 Å². The highest BCUT2D eigenvalue weighted by atomic mass is 16.5. The molecule has 1 rings (SSSR count). The van der Waals surface area contributed by atoms with Gasteiger partial charge in [-0.1, -0.05) is 0 Å². The van der Waals surface area contributed by atoms with E-state index in [9.17, 15) is 0 Å². The summed E-state index contributed by atoms with van der Waals surface area (Å²) in [6.07, 6.45) is 0. The quantitative estimate of drug-likeness (QED) is 0.389. The smallest absolute Gasteiger partial charge is 0.346 e. The largest absolute Gasteiger partial charge is 0.370 e. The molecule has 2 heteroatoms. The van der Waals surface area contributed by atoms with Crippen LogP contribution in [0.3, 0.4) is 0 Å². The Labute approximate surface area is 41.8 Å². The van der Waals surface area contributed by atoms with Crippen LogP contribution in [0.5, 0.6) is 0 Å². The molecule has 1 atom stereocenters. The Hall–Kier alpha value is -0.0800. The van der Waals surface area contributed by atoms with Crippen molar-refractivity contribution < 1.29 is 14.2 Å². The van der Waals surface area contributed by atoms with Crippen LogP contribution in [0.1, 0.15) is 1.37 Å². The first-order valence-electron chi connectivity index (χ1n) is 3.53. The van der Waals surface area contributed by atoms with Gasteiger partial charge in [0, 0.05) is 0 Å². The van der Waals surface area contributed by atoms with Crippen LogP contribution in [0.15, 0.2) is 0 Å². The fourth-order valence-electron chi connectivity index (χ4n) is 0.397. The van der Waals surface area contributed by atoms with E-state index >= 15 is 0 Å².